The minimum Gasteiger partial charge on any atom is -0.480 e. The van der Waals surface area contributed by atoms with E-state index in [2.05, 4.69) is 10.3 Å². The molecule has 0 radical (unpaired) electrons. The number of aryl methyl sites for hydroxylation is 1. The van der Waals surface area contributed by atoms with Crippen molar-refractivity contribution in [3.05, 3.63) is 22.2 Å². The van der Waals surface area contributed by atoms with Crippen molar-refractivity contribution in [1.29, 1.82) is 0 Å². The maximum absolute atomic E-state index is 11.6. The van der Waals surface area contributed by atoms with Crippen molar-refractivity contribution in [1.82, 2.24) is 10.3 Å². The van der Waals surface area contributed by atoms with Gasteiger partial charge in [0.15, 0.2) is 0 Å². The van der Waals surface area contributed by atoms with Crippen LogP contribution in [-0.2, 0) is 14.4 Å². The number of carboxylic acid groups (broad SMARTS) is 1. The largest absolute Gasteiger partial charge is 0.480 e. The van der Waals surface area contributed by atoms with Gasteiger partial charge in [-0.1, -0.05) is 0 Å². The number of aromatic nitrogens is 1. The number of primary amides is 1. The second-order valence-electron chi connectivity index (χ2n) is 4.03. The molecule has 2 amide bonds. The van der Waals surface area contributed by atoms with Crippen LogP contribution in [-0.4, -0.2) is 33.9 Å². The lowest BCUT2D eigenvalue weighted by Gasteiger charge is -2.11. The van der Waals surface area contributed by atoms with Gasteiger partial charge in [-0.25, -0.2) is 9.78 Å². The molecule has 0 aliphatic rings. The summed E-state index contributed by atoms with van der Waals surface area (Å²) in [5, 5.41) is 13.9. The van der Waals surface area contributed by atoms with Gasteiger partial charge in [-0.3, -0.25) is 9.59 Å². The predicted molar refractivity (Wildman–Crippen MR) is 73.9 cm³/mol. The summed E-state index contributed by atoms with van der Waals surface area (Å²) in [5.41, 5.74) is 5.57. The van der Waals surface area contributed by atoms with Crippen LogP contribution in [0.15, 0.2) is 11.5 Å². The first-order valence-electron chi connectivity index (χ1n) is 5.80. The Kier molecular flexibility index (Phi) is 5.85. The molecule has 0 fully saturated rings. The Bertz CT molecular complexity index is 539. The number of aliphatic carboxylic acids is 1. The van der Waals surface area contributed by atoms with Crippen molar-refractivity contribution in [2.75, 3.05) is 0 Å². The highest BCUT2D eigenvalue weighted by Gasteiger charge is 2.19. The van der Waals surface area contributed by atoms with E-state index in [9.17, 15) is 14.4 Å². The Labute approximate surface area is 119 Å². The molecule has 0 saturated carbocycles. The predicted octanol–water partition coefficient (Wildman–Crippen LogP) is 0.300. The molecule has 1 aromatic rings. The zero-order chi connectivity index (χ0) is 15.1. The summed E-state index contributed by atoms with van der Waals surface area (Å²) in [6.07, 6.45) is 2.55. The van der Waals surface area contributed by atoms with E-state index in [4.69, 9.17) is 10.8 Å². The summed E-state index contributed by atoms with van der Waals surface area (Å²) in [7, 11) is 0. The van der Waals surface area contributed by atoms with Crippen LogP contribution in [0.2, 0.25) is 0 Å². The first-order chi connectivity index (χ1) is 9.38. The lowest BCUT2D eigenvalue weighted by Crippen LogP contribution is -2.40. The van der Waals surface area contributed by atoms with Crippen LogP contribution in [0.1, 0.15) is 23.5 Å². The summed E-state index contributed by atoms with van der Waals surface area (Å²) in [4.78, 5) is 37.3. The van der Waals surface area contributed by atoms with E-state index >= 15 is 0 Å². The van der Waals surface area contributed by atoms with Gasteiger partial charge in [0, 0.05) is 17.9 Å². The second kappa shape index (κ2) is 7.39. The Morgan fingerprint density at radius 2 is 2.25 bits per heavy atom. The fourth-order valence-corrected chi connectivity index (χ4v) is 1.96. The zero-order valence-corrected chi connectivity index (χ0v) is 11.6. The first-order valence-corrected chi connectivity index (χ1v) is 6.68. The molecule has 1 aromatic heterocycles. The van der Waals surface area contributed by atoms with Crippen LogP contribution in [0, 0.1) is 6.92 Å². The molecule has 1 heterocycles. The normalized spacial score (nSPS) is 12.2. The Morgan fingerprint density at radius 1 is 1.55 bits per heavy atom. The summed E-state index contributed by atoms with van der Waals surface area (Å²) in [6, 6.07) is -1.14. The van der Waals surface area contributed by atoms with Gasteiger partial charge in [-0.15, -0.1) is 11.3 Å². The highest BCUT2D eigenvalue weighted by molar-refractivity contribution is 7.09. The number of carboxylic acids is 1. The third kappa shape index (κ3) is 5.61. The van der Waals surface area contributed by atoms with E-state index in [-0.39, 0.29) is 12.8 Å². The number of carbonyl (C=O) groups is 3. The van der Waals surface area contributed by atoms with Crippen LogP contribution < -0.4 is 11.1 Å². The highest BCUT2D eigenvalue weighted by atomic mass is 32.1. The van der Waals surface area contributed by atoms with Gasteiger partial charge in [0.05, 0.1) is 10.7 Å². The van der Waals surface area contributed by atoms with E-state index in [1.54, 1.807) is 5.38 Å². The molecular formula is C12H15N3O4S. The van der Waals surface area contributed by atoms with E-state index < -0.39 is 23.8 Å². The molecule has 7 nitrogen and oxygen atoms in total. The topological polar surface area (TPSA) is 122 Å². The molecule has 0 aliphatic carbocycles. The summed E-state index contributed by atoms with van der Waals surface area (Å²) in [5.74, 6) is -2.39. The van der Waals surface area contributed by atoms with Crippen molar-refractivity contribution >= 4 is 35.2 Å². The molecule has 0 aromatic carbocycles. The molecular weight excluding hydrogens is 282 g/mol. The summed E-state index contributed by atoms with van der Waals surface area (Å²) >= 11 is 1.45. The molecule has 4 N–H and O–H groups in total. The maximum atomic E-state index is 11.6. The fourth-order valence-electron chi connectivity index (χ4n) is 1.38. The third-order valence-corrected chi connectivity index (χ3v) is 3.13. The van der Waals surface area contributed by atoms with Gasteiger partial charge in [-0.2, -0.15) is 0 Å². The number of rotatable bonds is 7. The number of hydrogen-bond acceptors (Lipinski definition) is 5. The average molecular weight is 297 g/mol. The fraction of sp³-hybridized carbons (Fsp3) is 0.333. The number of carbonyl (C=O) groups excluding carboxylic acids is 2. The van der Waals surface area contributed by atoms with E-state index in [0.29, 0.717) is 5.69 Å². The van der Waals surface area contributed by atoms with Crippen molar-refractivity contribution in [2.45, 2.75) is 25.8 Å². The van der Waals surface area contributed by atoms with Crippen molar-refractivity contribution in [3.8, 4) is 0 Å². The SMILES string of the molecule is Cc1nc(/C=C/C(=O)N[C@@H](CCC(N)=O)C(=O)O)cs1. The first kappa shape index (κ1) is 15.8. The Hall–Kier alpha value is -2.22. The molecule has 108 valence electrons. The number of thiazole rings is 1. The lowest BCUT2D eigenvalue weighted by atomic mass is 10.1. The highest BCUT2D eigenvalue weighted by Crippen LogP contribution is 2.09. The number of nitrogens with one attached hydrogen (secondary N) is 1. The molecule has 0 bridgehead atoms. The van der Waals surface area contributed by atoms with E-state index in [1.807, 2.05) is 6.92 Å². The lowest BCUT2D eigenvalue weighted by molar-refractivity contribution is -0.141. The molecule has 0 spiro atoms. The minimum atomic E-state index is -1.21. The van der Waals surface area contributed by atoms with Gasteiger partial charge in [-0.05, 0) is 19.4 Å². The van der Waals surface area contributed by atoms with Gasteiger partial charge in [0.25, 0.3) is 0 Å². The van der Waals surface area contributed by atoms with Gasteiger partial charge in [0.1, 0.15) is 6.04 Å². The minimum absolute atomic E-state index is 0.0416. The molecule has 1 rings (SSSR count). The quantitative estimate of drug-likeness (QED) is 0.625. The Morgan fingerprint density at radius 3 is 2.75 bits per heavy atom. The molecule has 1 atom stereocenters. The average Bonchev–Trinajstić information content (AvgIpc) is 2.77. The molecule has 8 heteroatoms. The van der Waals surface area contributed by atoms with Crippen LogP contribution in [0.25, 0.3) is 6.08 Å². The van der Waals surface area contributed by atoms with E-state index in [0.717, 1.165) is 5.01 Å². The van der Waals surface area contributed by atoms with Crippen molar-refractivity contribution < 1.29 is 19.5 Å². The van der Waals surface area contributed by atoms with Crippen LogP contribution in [0.5, 0.6) is 0 Å². The molecule has 0 unspecified atom stereocenters. The maximum Gasteiger partial charge on any atom is 0.326 e. The van der Waals surface area contributed by atoms with Crippen molar-refractivity contribution in [2.24, 2.45) is 5.73 Å². The van der Waals surface area contributed by atoms with Gasteiger partial charge in [0.2, 0.25) is 11.8 Å². The monoisotopic (exact) mass is 297 g/mol. The zero-order valence-electron chi connectivity index (χ0n) is 10.8. The molecule has 20 heavy (non-hydrogen) atoms. The number of hydrogen-bond donors (Lipinski definition) is 3. The third-order valence-electron chi connectivity index (χ3n) is 2.34. The van der Waals surface area contributed by atoms with Gasteiger partial charge < -0.3 is 16.2 Å². The van der Waals surface area contributed by atoms with Crippen LogP contribution in [0.4, 0.5) is 0 Å². The second-order valence-corrected chi connectivity index (χ2v) is 5.09. The smallest absolute Gasteiger partial charge is 0.326 e. The molecule has 0 aliphatic heterocycles. The molecule has 0 saturated heterocycles. The Balaban J connectivity index is 2.55. The van der Waals surface area contributed by atoms with Crippen LogP contribution in [0.3, 0.4) is 0 Å². The summed E-state index contributed by atoms with van der Waals surface area (Å²) in [6.45, 7) is 1.84. The number of nitrogens with two attached hydrogens (primary N) is 1. The van der Waals surface area contributed by atoms with Gasteiger partial charge >= 0.3 is 5.97 Å². The number of nitrogens with zero attached hydrogens (tertiary/aromatic N) is 1. The number of amides is 2. The standard InChI is InChI=1S/C12H15N3O4S/c1-7-14-8(6-20-7)2-5-11(17)15-9(12(18)19)3-4-10(13)16/h2,5-6,9H,3-4H2,1H3,(H2,13,16)(H,15,17)(H,18,19)/b5-2+/t9-/m0/s1. The van der Waals surface area contributed by atoms with E-state index in [1.165, 1.54) is 23.5 Å². The summed E-state index contributed by atoms with van der Waals surface area (Å²) < 4.78 is 0. The van der Waals surface area contributed by atoms with Crippen LogP contribution >= 0.6 is 11.3 Å². The van der Waals surface area contributed by atoms with Crippen molar-refractivity contribution in [3.63, 3.8) is 0 Å².